The van der Waals surface area contributed by atoms with E-state index in [4.69, 9.17) is 0 Å². The topological polar surface area (TPSA) is 84.3 Å². The third kappa shape index (κ3) is 5.94. The van der Waals surface area contributed by atoms with E-state index < -0.39 is 0 Å². The molecule has 2 heterocycles. The lowest BCUT2D eigenvalue weighted by atomic mass is 9.90. The molecule has 0 unspecified atom stereocenters. The number of benzene rings is 2. The van der Waals surface area contributed by atoms with E-state index in [0.717, 1.165) is 32.4 Å². The fourth-order valence-corrected chi connectivity index (χ4v) is 4.16. The number of carbonyl (C=O) groups is 2. The first-order chi connectivity index (χ1) is 16.0. The van der Waals surface area contributed by atoms with Gasteiger partial charge in [-0.3, -0.25) is 14.4 Å². The Morgan fingerprint density at radius 1 is 0.970 bits per heavy atom. The van der Waals surface area contributed by atoms with Crippen molar-refractivity contribution in [2.24, 2.45) is 5.92 Å². The monoisotopic (exact) mass is 444 g/mol. The van der Waals surface area contributed by atoms with Crippen molar-refractivity contribution in [1.82, 2.24) is 9.78 Å². The van der Waals surface area contributed by atoms with E-state index in [2.05, 4.69) is 39.6 Å². The van der Waals surface area contributed by atoms with Crippen LogP contribution < -0.4 is 15.8 Å². The first kappa shape index (κ1) is 22.5. The molecule has 1 fully saturated rings. The van der Waals surface area contributed by atoms with Crippen molar-refractivity contribution >= 4 is 23.2 Å². The molecule has 1 aromatic heterocycles. The molecule has 3 aromatic rings. The van der Waals surface area contributed by atoms with Gasteiger partial charge in [-0.15, -0.1) is 0 Å². The molecule has 1 saturated heterocycles. The number of anilines is 2. The Labute approximate surface area is 193 Å². The van der Waals surface area contributed by atoms with Crippen LogP contribution in [0.4, 0.5) is 11.5 Å². The zero-order chi connectivity index (χ0) is 23.2. The number of amides is 1. The van der Waals surface area contributed by atoms with Crippen molar-refractivity contribution in [2.45, 2.75) is 32.7 Å². The SMILES string of the molecule is CC(=O)c1ccc(NC(=O)Cn2nc(N3CCC(Cc4ccccc4)CC3)ccc2=O)cc1. The summed E-state index contributed by atoms with van der Waals surface area (Å²) in [6.07, 6.45) is 3.20. The molecule has 2 aromatic carbocycles. The predicted octanol–water partition coefficient (Wildman–Crippen LogP) is 3.54. The summed E-state index contributed by atoms with van der Waals surface area (Å²) < 4.78 is 1.20. The van der Waals surface area contributed by atoms with E-state index in [1.54, 1.807) is 30.3 Å². The summed E-state index contributed by atoms with van der Waals surface area (Å²) in [4.78, 5) is 38.3. The van der Waals surface area contributed by atoms with E-state index in [1.165, 1.54) is 23.2 Å². The average Bonchev–Trinajstić information content (AvgIpc) is 2.82. The number of aromatic nitrogens is 2. The van der Waals surface area contributed by atoms with Gasteiger partial charge in [0.25, 0.3) is 5.56 Å². The van der Waals surface area contributed by atoms with Crippen molar-refractivity contribution in [1.29, 1.82) is 0 Å². The molecule has 0 bridgehead atoms. The van der Waals surface area contributed by atoms with Gasteiger partial charge in [0.2, 0.25) is 5.91 Å². The van der Waals surface area contributed by atoms with Gasteiger partial charge in [-0.05, 0) is 68.0 Å². The quantitative estimate of drug-likeness (QED) is 0.564. The highest BCUT2D eigenvalue weighted by atomic mass is 16.2. The molecule has 0 aliphatic carbocycles. The average molecular weight is 445 g/mol. The Morgan fingerprint density at radius 2 is 1.67 bits per heavy atom. The number of carbonyl (C=O) groups excluding carboxylic acids is 2. The van der Waals surface area contributed by atoms with Gasteiger partial charge >= 0.3 is 0 Å². The van der Waals surface area contributed by atoms with E-state index in [-0.39, 0.29) is 23.8 Å². The molecule has 0 saturated carbocycles. The van der Waals surface area contributed by atoms with Crippen LogP contribution in [0.1, 0.15) is 35.7 Å². The molecular formula is C26H28N4O3. The lowest BCUT2D eigenvalue weighted by Gasteiger charge is -2.33. The van der Waals surface area contributed by atoms with Crippen molar-refractivity contribution < 1.29 is 9.59 Å². The van der Waals surface area contributed by atoms with Gasteiger partial charge in [-0.2, -0.15) is 5.10 Å². The number of hydrogen-bond acceptors (Lipinski definition) is 5. The molecular weight excluding hydrogens is 416 g/mol. The summed E-state index contributed by atoms with van der Waals surface area (Å²) in [6.45, 7) is 3.06. The van der Waals surface area contributed by atoms with Crippen LogP contribution in [-0.2, 0) is 17.8 Å². The van der Waals surface area contributed by atoms with Crippen molar-refractivity contribution in [3.8, 4) is 0 Å². The highest BCUT2D eigenvalue weighted by Gasteiger charge is 2.21. The summed E-state index contributed by atoms with van der Waals surface area (Å²) in [7, 11) is 0. The number of nitrogens with zero attached hydrogens (tertiary/aromatic N) is 3. The Bertz CT molecular complexity index is 1160. The highest BCUT2D eigenvalue weighted by molar-refractivity contribution is 5.95. The lowest BCUT2D eigenvalue weighted by Crippen LogP contribution is -2.37. The van der Waals surface area contributed by atoms with E-state index in [1.807, 2.05) is 6.07 Å². The Balaban J connectivity index is 1.35. The number of Topliss-reactive ketones (excluding diaryl/α,β-unsaturated/α-hetero) is 1. The first-order valence-electron chi connectivity index (χ1n) is 11.3. The third-order valence-corrected chi connectivity index (χ3v) is 6.03. The summed E-state index contributed by atoms with van der Waals surface area (Å²) in [5.41, 5.74) is 2.19. The molecule has 0 atom stereocenters. The van der Waals surface area contributed by atoms with E-state index >= 15 is 0 Å². The summed E-state index contributed by atoms with van der Waals surface area (Å²) >= 11 is 0. The zero-order valence-corrected chi connectivity index (χ0v) is 18.7. The summed E-state index contributed by atoms with van der Waals surface area (Å²) in [5.74, 6) is 0.963. The van der Waals surface area contributed by atoms with Gasteiger partial charge in [-0.25, -0.2) is 4.68 Å². The summed E-state index contributed by atoms with van der Waals surface area (Å²) in [5, 5.41) is 7.20. The fraction of sp³-hybridized carbons (Fsp3) is 0.308. The molecule has 0 spiro atoms. The number of rotatable bonds is 7. The largest absolute Gasteiger partial charge is 0.355 e. The molecule has 4 rings (SSSR count). The van der Waals surface area contributed by atoms with Crippen LogP contribution in [0.5, 0.6) is 0 Å². The number of nitrogens with one attached hydrogen (secondary N) is 1. The van der Waals surface area contributed by atoms with Gasteiger partial charge in [0.05, 0.1) is 0 Å². The van der Waals surface area contributed by atoms with Crippen LogP contribution in [-0.4, -0.2) is 34.6 Å². The van der Waals surface area contributed by atoms with Gasteiger partial charge in [-0.1, -0.05) is 30.3 Å². The maximum Gasteiger partial charge on any atom is 0.267 e. The van der Waals surface area contributed by atoms with Crippen molar-refractivity contribution in [3.63, 3.8) is 0 Å². The smallest absolute Gasteiger partial charge is 0.267 e. The molecule has 7 heteroatoms. The van der Waals surface area contributed by atoms with Crippen molar-refractivity contribution in [3.05, 3.63) is 88.2 Å². The van der Waals surface area contributed by atoms with Crippen LogP contribution in [0.25, 0.3) is 0 Å². The molecule has 7 nitrogen and oxygen atoms in total. The van der Waals surface area contributed by atoms with Gasteiger partial charge in [0.15, 0.2) is 5.78 Å². The standard InChI is InChI=1S/C26H28N4O3/c1-19(31)22-7-9-23(10-8-22)27-25(32)18-30-26(33)12-11-24(28-30)29-15-13-21(14-16-29)17-20-5-3-2-4-6-20/h2-12,21H,13-18H2,1H3,(H,27,32). The molecule has 33 heavy (non-hydrogen) atoms. The Kier molecular flexibility index (Phi) is 6.98. The normalized spacial score (nSPS) is 14.2. The zero-order valence-electron chi connectivity index (χ0n) is 18.7. The van der Waals surface area contributed by atoms with Crippen molar-refractivity contribution in [2.75, 3.05) is 23.3 Å². The first-order valence-corrected chi connectivity index (χ1v) is 11.3. The Hall–Kier alpha value is -3.74. The fourth-order valence-electron chi connectivity index (χ4n) is 4.16. The molecule has 1 aliphatic rings. The minimum absolute atomic E-state index is 0.0375. The highest BCUT2D eigenvalue weighted by Crippen LogP contribution is 2.24. The second kappa shape index (κ2) is 10.3. The second-order valence-corrected chi connectivity index (χ2v) is 8.49. The van der Waals surface area contributed by atoms with Crippen LogP contribution in [0.3, 0.4) is 0 Å². The minimum Gasteiger partial charge on any atom is -0.355 e. The molecule has 1 N–H and O–H groups in total. The predicted molar refractivity (Wildman–Crippen MR) is 129 cm³/mol. The molecule has 1 amide bonds. The Morgan fingerprint density at radius 3 is 2.33 bits per heavy atom. The van der Waals surface area contributed by atoms with E-state index in [0.29, 0.717) is 23.0 Å². The van der Waals surface area contributed by atoms with Crippen LogP contribution in [0.2, 0.25) is 0 Å². The van der Waals surface area contributed by atoms with Crippen LogP contribution in [0.15, 0.2) is 71.5 Å². The second-order valence-electron chi connectivity index (χ2n) is 8.49. The lowest BCUT2D eigenvalue weighted by molar-refractivity contribution is -0.117. The van der Waals surface area contributed by atoms with Crippen LogP contribution in [0, 0.1) is 5.92 Å². The van der Waals surface area contributed by atoms with Crippen LogP contribution >= 0.6 is 0 Å². The minimum atomic E-state index is -0.348. The van der Waals surface area contributed by atoms with E-state index in [9.17, 15) is 14.4 Å². The molecule has 0 radical (unpaired) electrons. The maximum absolute atomic E-state index is 12.5. The number of hydrogen-bond donors (Lipinski definition) is 1. The molecule has 170 valence electrons. The number of ketones is 1. The van der Waals surface area contributed by atoms with Gasteiger partial charge in [0.1, 0.15) is 12.4 Å². The van der Waals surface area contributed by atoms with Gasteiger partial charge in [0, 0.05) is 30.4 Å². The summed E-state index contributed by atoms with van der Waals surface area (Å²) in [6, 6.07) is 20.4. The third-order valence-electron chi connectivity index (χ3n) is 6.03. The van der Waals surface area contributed by atoms with Gasteiger partial charge < -0.3 is 10.2 Å². The molecule has 1 aliphatic heterocycles. The number of piperidine rings is 1. The maximum atomic E-state index is 12.5.